The summed E-state index contributed by atoms with van der Waals surface area (Å²) in [5, 5.41) is 13.6. The second-order valence-electron chi connectivity index (χ2n) is 7.38. The predicted octanol–water partition coefficient (Wildman–Crippen LogP) is 3.27. The zero-order chi connectivity index (χ0) is 24.9. The molecule has 2 aromatic rings. The number of halogens is 4. The number of hydrogen-bond acceptors (Lipinski definition) is 5. The lowest BCUT2D eigenvalue weighted by Gasteiger charge is -2.32. The molecule has 0 aromatic heterocycles. The van der Waals surface area contributed by atoms with E-state index in [1.54, 1.807) is 4.90 Å². The summed E-state index contributed by atoms with van der Waals surface area (Å²) in [6.45, 7) is 0.696. The lowest BCUT2D eigenvalue weighted by molar-refractivity contribution is -0.275. The highest BCUT2D eigenvalue weighted by Gasteiger charge is 2.32. The normalized spacial score (nSPS) is 14.3. The predicted molar refractivity (Wildman–Crippen MR) is 110 cm³/mol. The van der Waals surface area contributed by atoms with Crippen molar-refractivity contribution in [1.29, 1.82) is 0 Å². The first-order valence-corrected chi connectivity index (χ1v) is 10.0. The van der Waals surface area contributed by atoms with Gasteiger partial charge in [-0.2, -0.15) is 0 Å². The molecule has 0 saturated carbocycles. The minimum absolute atomic E-state index is 0.0598. The Morgan fingerprint density at radius 2 is 1.62 bits per heavy atom. The van der Waals surface area contributed by atoms with Crippen LogP contribution in [0.5, 0.6) is 5.75 Å². The van der Waals surface area contributed by atoms with Gasteiger partial charge in [0.05, 0.1) is 0 Å². The number of carbonyl (C=O) groups is 3. The molecule has 3 rings (SSSR count). The zero-order valence-corrected chi connectivity index (χ0v) is 17.5. The van der Waals surface area contributed by atoms with E-state index in [2.05, 4.69) is 15.4 Å². The SMILES string of the molecule is O=C(Nc1ccc(OC(F)(F)F)c(F)c1)NC1CCN(C(=O)c2ccc(C(=O)NO)cc2)CC1. The van der Waals surface area contributed by atoms with Crippen molar-refractivity contribution in [2.24, 2.45) is 0 Å². The molecule has 0 atom stereocenters. The van der Waals surface area contributed by atoms with Gasteiger partial charge in [0.2, 0.25) is 0 Å². The Morgan fingerprint density at radius 1 is 1.00 bits per heavy atom. The van der Waals surface area contributed by atoms with E-state index < -0.39 is 29.9 Å². The summed E-state index contributed by atoms with van der Waals surface area (Å²) < 4.78 is 53.9. The number of hydroxylamine groups is 1. The fourth-order valence-electron chi connectivity index (χ4n) is 3.38. The third-order valence-corrected chi connectivity index (χ3v) is 5.03. The van der Waals surface area contributed by atoms with Gasteiger partial charge in [-0.15, -0.1) is 13.2 Å². The van der Waals surface area contributed by atoms with Gasteiger partial charge < -0.3 is 20.3 Å². The number of piperidine rings is 1. The van der Waals surface area contributed by atoms with Gasteiger partial charge >= 0.3 is 12.4 Å². The van der Waals surface area contributed by atoms with Crippen LogP contribution in [-0.2, 0) is 0 Å². The smallest absolute Gasteiger partial charge is 0.403 e. The summed E-state index contributed by atoms with van der Waals surface area (Å²) in [4.78, 5) is 37.7. The van der Waals surface area contributed by atoms with Crippen molar-refractivity contribution in [3.05, 3.63) is 59.4 Å². The molecule has 1 aliphatic rings. The first-order chi connectivity index (χ1) is 16.1. The van der Waals surface area contributed by atoms with Crippen molar-refractivity contribution in [2.75, 3.05) is 18.4 Å². The van der Waals surface area contributed by atoms with E-state index in [1.165, 1.54) is 29.7 Å². The highest BCUT2D eigenvalue weighted by atomic mass is 19.4. The van der Waals surface area contributed by atoms with Crippen LogP contribution in [0, 0.1) is 5.82 Å². The van der Waals surface area contributed by atoms with Crippen LogP contribution in [0.3, 0.4) is 0 Å². The first kappa shape index (κ1) is 24.8. The molecule has 1 heterocycles. The van der Waals surface area contributed by atoms with Gasteiger partial charge in [0.1, 0.15) is 0 Å². The Kier molecular flexibility index (Phi) is 7.56. The van der Waals surface area contributed by atoms with E-state index in [-0.39, 0.29) is 23.2 Å². The molecule has 13 heteroatoms. The van der Waals surface area contributed by atoms with Crippen LogP contribution in [0.4, 0.5) is 28.0 Å². The Balaban J connectivity index is 1.48. The van der Waals surface area contributed by atoms with Crippen LogP contribution in [0.1, 0.15) is 33.6 Å². The summed E-state index contributed by atoms with van der Waals surface area (Å²) in [5.74, 6) is -3.25. The number of amides is 4. The molecular formula is C21H20F4N4O5. The minimum Gasteiger partial charge on any atom is -0.403 e. The average Bonchev–Trinajstić information content (AvgIpc) is 2.79. The maximum Gasteiger partial charge on any atom is 0.573 e. The fourth-order valence-corrected chi connectivity index (χ4v) is 3.38. The largest absolute Gasteiger partial charge is 0.573 e. The molecule has 34 heavy (non-hydrogen) atoms. The standard InChI is InChI=1S/C21H20F4N4O5/c22-16-11-15(5-6-17(16)34-21(23,24)25)27-20(32)26-14-7-9-29(10-8-14)19(31)13-3-1-12(2-4-13)18(30)28-33/h1-6,11,14,33H,7-10H2,(H,28,30)(H2,26,27,32). The molecule has 1 aliphatic heterocycles. The van der Waals surface area contributed by atoms with E-state index in [1.807, 2.05) is 0 Å². The molecule has 0 aliphatic carbocycles. The van der Waals surface area contributed by atoms with Gasteiger partial charge in [-0.25, -0.2) is 14.7 Å². The number of anilines is 1. The Bertz CT molecular complexity index is 1050. The fraction of sp³-hybridized carbons (Fsp3) is 0.286. The number of ether oxygens (including phenoxy) is 1. The number of nitrogens with one attached hydrogen (secondary N) is 3. The first-order valence-electron chi connectivity index (χ1n) is 10.0. The van der Waals surface area contributed by atoms with Crippen LogP contribution in [0.2, 0.25) is 0 Å². The summed E-state index contributed by atoms with van der Waals surface area (Å²) in [7, 11) is 0. The zero-order valence-electron chi connectivity index (χ0n) is 17.5. The molecule has 4 N–H and O–H groups in total. The number of carbonyl (C=O) groups excluding carboxylic acids is 3. The van der Waals surface area contributed by atoms with Gasteiger partial charge in [-0.3, -0.25) is 14.8 Å². The number of urea groups is 1. The van der Waals surface area contributed by atoms with E-state index in [4.69, 9.17) is 5.21 Å². The molecular weight excluding hydrogens is 464 g/mol. The maximum atomic E-state index is 13.8. The summed E-state index contributed by atoms with van der Waals surface area (Å²) >= 11 is 0. The van der Waals surface area contributed by atoms with E-state index in [0.717, 1.165) is 12.1 Å². The van der Waals surface area contributed by atoms with Crippen LogP contribution in [0.15, 0.2) is 42.5 Å². The van der Waals surface area contributed by atoms with Crippen molar-refractivity contribution in [3.8, 4) is 5.75 Å². The summed E-state index contributed by atoms with van der Waals surface area (Å²) in [6, 6.07) is 7.32. The molecule has 182 valence electrons. The molecule has 1 fully saturated rings. The van der Waals surface area contributed by atoms with Crippen molar-refractivity contribution in [3.63, 3.8) is 0 Å². The van der Waals surface area contributed by atoms with Crippen molar-refractivity contribution in [1.82, 2.24) is 15.7 Å². The lowest BCUT2D eigenvalue weighted by Crippen LogP contribution is -2.47. The van der Waals surface area contributed by atoms with Gasteiger partial charge in [0, 0.05) is 42.0 Å². The third kappa shape index (κ3) is 6.57. The Labute approximate surface area is 190 Å². The number of alkyl halides is 3. The van der Waals surface area contributed by atoms with E-state index >= 15 is 0 Å². The second-order valence-corrected chi connectivity index (χ2v) is 7.38. The molecule has 0 radical (unpaired) electrons. The molecule has 0 unspecified atom stereocenters. The van der Waals surface area contributed by atoms with Crippen LogP contribution >= 0.6 is 0 Å². The van der Waals surface area contributed by atoms with Gasteiger partial charge in [0.25, 0.3) is 11.8 Å². The van der Waals surface area contributed by atoms with Crippen LogP contribution in [0.25, 0.3) is 0 Å². The van der Waals surface area contributed by atoms with Crippen LogP contribution in [-0.4, -0.2) is 53.4 Å². The topological polar surface area (TPSA) is 120 Å². The molecule has 9 nitrogen and oxygen atoms in total. The van der Waals surface area contributed by atoms with Gasteiger partial charge in [0.15, 0.2) is 11.6 Å². The highest BCUT2D eigenvalue weighted by molar-refractivity contribution is 5.97. The van der Waals surface area contributed by atoms with Crippen LogP contribution < -0.4 is 20.9 Å². The Hall–Kier alpha value is -3.87. The van der Waals surface area contributed by atoms with E-state index in [9.17, 15) is 31.9 Å². The lowest BCUT2D eigenvalue weighted by atomic mass is 10.0. The average molecular weight is 484 g/mol. The molecule has 0 spiro atoms. The van der Waals surface area contributed by atoms with Crippen molar-refractivity contribution >= 4 is 23.5 Å². The molecule has 2 aromatic carbocycles. The number of benzene rings is 2. The van der Waals surface area contributed by atoms with Gasteiger partial charge in [-0.05, 0) is 49.2 Å². The number of nitrogens with zero attached hydrogens (tertiary/aromatic N) is 1. The maximum absolute atomic E-state index is 13.8. The van der Waals surface area contributed by atoms with Crippen molar-refractivity contribution in [2.45, 2.75) is 25.2 Å². The van der Waals surface area contributed by atoms with Crippen molar-refractivity contribution < 1.29 is 41.9 Å². The Morgan fingerprint density at radius 3 is 2.18 bits per heavy atom. The molecule has 0 bridgehead atoms. The van der Waals surface area contributed by atoms with Gasteiger partial charge in [-0.1, -0.05) is 0 Å². The summed E-state index contributed by atoms with van der Waals surface area (Å²) in [6.07, 6.45) is -4.16. The van der Waals surface area contributed by atoms with E-state index in [0.29, 0.717) is 37.6 Å². The minimum atomic E-state index is -5.04. The molecule has 1 saturated heterocycles. The highest BCUT2D eigenvalue weighted by Crippen LogP contribution is 2.27. The quantitative estimate of drug-likeness (QED) is 0.295. The number of likely N-dealkylation sites (tertiary alicyclic amines) is 1. The second kappa shape index (κ2) is 10.4. The number of hydrogen-bond donors (Lipinski definition) is 4. The number of rotatable bonds is 5. The molecule has 4 amide bonds. The third-order valence-electron chi connectivity index (χ3n) is 5.03. The summed E-state index contributed by atoms with van der Waals surface area (Å²) in [5.41, 5.74) is 1.99. The monoisotopic (exact) mass is 484 g/mol.